The second-order valence-electron chi connectivity index (χ2n) is 8.14. The van der Waals surface area contributed by atoms with E-state index < -0.39 is 32.6 Å². The lowest BCUT2D eigenvalue weighted by molar-refractivity contribution is -0.0848. The van der Waals surface area contributed by atoms with Gasteiger partial charge in [0.05, 0.1) is 0 Å². The van der Waals surface area contributed by atoms with Gasteiger partial charge in [-0.1, -0.05) is 0 Å². The third-order valence-electron chi connectivity index (χ3n) is 5.83. The Kier molecular flexibility index (Phi) is 5.18. The summed E-state index contributed by atoms with van der Waals surface area (Å²) in [7, 11) is -4.27. The van der Waals surface area contributed by atoms with Crippen LogP contribution in [0.15, 0.2) is 41.4 Å². The van der Waals surface area contributed by atoms with Gasteiger partial charge in [-0.05, 0) is 61.4 Å². The highest BCUT2D eigenvalue weighted by molar-refractivity contribution is 7.89. The predicted molar refractivity (Wildman–Crippen MR) is 107 cm³/mol. The van der Waals surface area contributed by atoms with Crippen LogP contribution >= 0.6 is 0 Å². The fraction of sp³-hybridized carbons (Fsp3) is 0.350. The molecule has 1 aromatic heterocycles. The molecule has 0 radical (unpaired) electrons. The van der Waals surface area contributed by atoms with Crippen LogP contribution in [-0.2, 0) is 10.0 Å². The lowest BCUT2D eigenvalue weighted by atomic mass is 9.53. The summed E-state index contributed by atoms with van der Waals surface area (Å²) in [4.78, 5) is 27.2. The number of nitrogens with two attached hydrogens (primary N) is 2. The molecule has 5 N–H and O–H groups in total. The van der Waals surface area contributed by atoms with Crippen LogP contribution in [-0.4, -0.2) is 37.4 Å². The minimum atomic E-state index is -4.27. The molecular weight excluding hydrogens is 427 g/mol. The number of aromatic nitrogens is 1. The van der Waals surface area contributed by atoms with E-state index >= 15 is 0 Å². The zero-order valence-electron chi connectivity index (χ0n) is 16.4. The number of carbonyl (C=O) groups excluding carboxylic acids is 2. The standard InChI is InChI=1S/C20H21FN4O5S/c21-15-4-3-11(6-16(15)31(23,28)29)18(27)25-12-7-20(8-12)9-13(10-20)30-19-14(17(22)26)2-1-5-24-19/h1-6,12-13H,7-10H2,(H2,22,26)(H,25,27)(H2,23,28,29). The van der Waals surface area contributed by atoms with Crippen molar-refractivity contribution >= 4 is 21.8 Å². The molecule has 1 aromatic carbocycles. The van der Waals surface area contributed by atoms with Gasteiger partial charge in [0.25, 0.3) is 11.8 Å². The van der Waals surface area contributed by atoms with Crippen molar-refractivity contribution in [3.63, 3.8) is 0 Å². The molecule has 0 atom stereocenters. The van der Waals surface area contributed by atoms with Crippen LogP contribution in [0.5, 0.6) is 5.88 Å². The molecule has 9 nitrogen and oxygen atoms in total. The van der Waals surface area contributed by atoms with Crippen molar-refractivity contribution in [2.45, 2.75) is 42.7 Å². The molecule has 1 spiro atoms. The molecule has 2 aliphatic rings. The largest absolute Gasteiger partial charge is 0.474 e. The fourth-order valence-corrected chi connectivity index (χ4v) is 5.00. The molecule has 0 bridgehead atoms. The number of primary amides is 1. The number of benzene rings is 1. The van der Waals surface area contributed by atoms with E-state index in [0.29, 0.717) is 0 Å². The number of nitrogens with one attached hydrogen (secondary N) is 1. The maximum Gasteiger partial charge on any atom is 0.254 e. The Hall–Kier alpha value is -3.05. The van der Waals surface area contributed by atoms with Gasteiger partial charge in [-0.3, -0.25) is 9.59 Å². The van der Waals surface area contributed by atoms with Gasteiger partial charge in [0.1, 0.15) is 22.4 Å². The first kappa shape index (κ1) is 21.2. The van der Waals surface area contributed by atoms with Crippen LogP contribution in [0.1, 0.15) is 46.4 Å². The molecule has 2 aliphatic carbocycles. The summed E-state index contributed by atoms with van der Waals surface area (Å²) in [5.41, 5.74) is 5.65. The third-order valence-corrected chi connectivity index (χ3v) is 6.76. The fourth-order valence-electron chi connectivity index (χ4n) is 4.37. The molecule has 1 heterocycles. The van der Waals surface area contributed by atoms with Crippen LogP contribution in [0, 0.1) is 11.2 Å². The number of hydrogen-bond donors (Lipinski definition) is 3. The van der Waals surface area contributed by atoms with E-state index in [1.54, 1.807) is 12.1 Å². The predicted octanol–water partition coefficient (Wildman–Crippen LogP) is 1.09. The van der Waals surface area contributed by atoms with Gasteiger partial charge in [0.2, 0.25) is 15.9 Å². The monoisotopic (exact) mass is 448 g/mol. The van der Waals surface area contributed by atoms with Crippen molar-refractivity contribution in [1.82, 2.24) is 10.3 Å². The molecule has 31 heavy (non-hydrogen) atoms. The van der Waals surface area contributed by atoms with Crippen molar-refractivity contribution in [2.75, 3.05) is 0 Å². The average molecular weight is 448 g/mol. The van der Waals surface area contributed by atoms with E-state index in [1.807, 2.05) is 0 Å². The Labute approximate surface area is 178 Å². The molecule has 0 saturated heterocycles. The van der Waals surface area contributed by atoms with E-state index in [-0.39, 0.29) is 34.6 Å². The van der Waals surface area contributed by atoms with Gasteiger partial charge < -0.3 is 15.8 Å². The highest BCUT2D eigenvalue weighted by Gasteiger charge is 2.54. The Morgan fingerprint density at radius 2 is 1.90 bits per heavy atom. The molecule has 164 valence electrons. The Morgan fingerprint density at radius 1 is 1.19 bits per heavy atom. The topological polar surface area (TPSA) is 154 Å². The summed E-state index contributed by atoms with van der Waals surface area (Å²) in [6.45, 7) is 0. The van der Waals surface area contributed by atoms with Crippen LogP contribution in [0.3, 0.4) is 0 Å². The first-order valence-electron chi connectivity index (χ1n) is 9.61. The zero-order valence-corrected chi connectivity index (χ0v) is 17.2. The number of halogens is 1. The first-order chi connectivity index (χ1) is 14.6. The highest BCUT2D eigenvalue weighted by atomic mass is 32.2. The minimum Gasteiger partial charge on any atom is -0.474 e. The maximum atomic E-state index is 13.7. The smallest absolute Gasteiger partial charge is 0.254 e. The Balaban J connectivity index is 1.30. The van der Waals surface area contributed by atoms with E-state index in [1.165, 1.54) is 12.3 Å². The first-order valence-corrected chi connectivity index (χ1v) is 11.2. The van der Waals surface area contributed by atoms with E-state index in [9.17, 15) is 22.4 Å². The SMILES string of the molecule is NC(=O)c1cccnc1OC1CC2(CC(NC(=O)c3ccc(F)c(S(N)(=O)=O)c3)C2)C1. The molecule has 2 amide bonds. The lowest BCUT2D eigenvalue weighted by Crippen LogP contribution is -2.58. The van der Waals surface area contributed by atoms with Crippen molar-refractivity contribution in [3.8, 4) is 5.88 Å². The van der Waals surface area contributed by atoms with Gasteiger partial charge in [-0.25, -0.2) is 22.9 Å². The molecule has 2 fully saturated rings. The number of nitrogens with zero attached hydrogens (tertiary/aromatic N) is 1. The quantitative estimate of drug-likeness (QED) is 0.601. The van der Waals surface area contributed by atoms with Crippen LogP contribution in [0.4, 0.5) is 4.39 Å². The van der Waals surface area contributed by atoms with Crippen molar-refractivity contribution in [2.24, 2.45) is 16.3 Å². The van der Waals surface area contributed by atoms with Crippen LogP contribution in [0.25, 0.3) is 0 Å². The molecule has 2 saturated carbocycles. The number of sulfonamides is 1. The summed E-state index contributed by atoms with van der Waals surface area (Å²) in [6, 6.07) is 6.15. The third kappa shape index (κ3) is 4.23. The number of rotatable bonds is 6. The molecular formula is C20H21FN4O5S. The number of primary sulfonamides is 1. The number of carbonyl (C=O) groups is 2. The molecule has 0 unspecified atom stereocenters. The van der Waals surface area contributed by atoms with Gasteiger partial charge in [-0.2, -0.15) is 0 Å². The normalized spacial score (nSPS) is 24.7. The number of amides is 2. The van der Waals surface area contributed by atoms with Crippen LogP contribution in [0.2, 0.25) is 0 Å². The van der Waals surface area contributed by atoms with Gasteiger partial charge in [0, 0.05) is 17.8 Å². The van der Waals surface area contributed by atoms with E-state index in [0.717, 1.165) is 37.8 Å². The van der Waals surface area contributed by atoms with Gasteiger partial charge >= 0.3 is 0 Å². The van der Waals surface area contributed by atoms with Crippen molar-refractivity contribution < 1.29 is 27.1 Å². The zero-order chi connectivity index (χ0) is 22.4. The highest BCUT2D eigenvalue weighted by Crippen LogP contribution is 2.56. The minimum absolute atomic E-state index is 0.0235. The summed E-state index contributed by atoms with van der Waals surface area (Å²) in [5.74, 6) is -1.87. The molecule has 2 aromatic rings. The van der Waals surface area contributed by atoms with E-state index in [2.05, 4.69) is 10.3 Å². The summed E-state index contributed by atoms with van der Waals surface area (Å²) < 4.78 is 42.3. The van der Waals surface area contributed by atoms with Crippen LogP contribution < -0.4 is 20.9 Å². The van der Waals surface area contributed by atoms with Crippen molar-refractivity contribution in [1.29, 1.82) is 0 Å². The Morgan fingerprint density at radius 3 is 2.55 bits per heavy atom. The van der Waals surface area contributed by atoms with Gasteiger partial charge in [-0.15, -0.1) is 0 Å². The average Bonchev–Trinajstić information content (AvgIpc) is 2.64. The summed E-state index contributed by atoms with van der Waals surface area (Å²) in [6.07, 6.45) is 4.46. The molecule has 0 aliphatic heterocycles. The molecule has 4 rings (SSSR count). The van der Waals surface area contributed by atoms with Gasteiger partial charge in [0.15, 0.2) is 0 Å². The van der Waals surface area contributed by atoms with Crippen molar-refractivity contribution in [3.05, 3.63) is 53.5 Å². The second kappa shape index (κ2) is 7.57. The Bertz CT molecular complexity index is 1160. The number of pyridine rings is 1. The number of ether oxygens (including phenoxy) is 1. The summed E-state index contributed by atoms with van der Waals surface area (Å²) in [5, 5.41) is 7.81. The second-order valence-corrected chi connectivity index (χ2v) is 9.67. The maximum absolute atomic E-state index is 13.7. The lowest BCUT2D eigenvalue weighted by Gasteiger charge is -2.57. The number of hydrogen-bond acceptors (Lipinski definition) is 6. The molecule has 11 heteroatoms. The van der Waals surface area contributed by atoms with E-state index in [4.69, 9.17) is 15.6 Å². The summed E-state index contributed by atoms with van der Waals surface area (Å²) >= 11 is 0.